The van der Waals surface area contributed by atoms with E-state index in [1.807, 2.05) is 24.3 Å². The molecule has 0 radical (unpaired) electrons. The summed E-state index contributed by atoms with van der Waals surface area (Å²) < 4.78 is 0. The van der Waals surface area contributed by atoms with Gasteiger partial charge in [-0.05, 0) is 49.7 Å². The van der Waals surface area contributed by atoms with Crippen LogP contribution in [0.15, 0.2) is 53.7 Å². The summed E-state index contributed by atoms with van der Waals surface area (Å²) in [7, 11) is 0. The largest absolute Gasteiger partial charge is 0.348 e. The number of aryl methyl sites for hydroxylation is 2. The van der Waals surface area contributed by atoms with E-state index in [-0.39, 0.29) is 0 Å². The molecule has 0 aliphatic heterocycles. The van der Waals surface area contributed by atoms with Gasteiger partial charge >= 0.3 is 0 Å². The number of benzene rings is 1. The minimum atomic E-state index is 0.831. The van der Waals surface area contributed by atoms with Gasteiger partial charge in [0.2, 0.25) is 0 Å². The van der Waals surface area contributed by atoms with Gasteiger partial charge in [-0.3, -0.25) is 4.98 Å². The molecule has 3 nitrogen and oxygen atoms in total. The highest BCUT2D eigenvalue weighted by molar-refractivity contribution is 8.03. The molecule has 0 atom stereocenters. The SMILES string of the molecule is Cc1cc(C)cc(-c2[nH]c(SC#N)cc2-c2ccccn2)c1. The molecule has 3 aromatic rings. The monoisotopic (exact) mass is 305 g/mol. The number of hydrogen-bond acceptors (Lipinski definition) is 3. The van der Waals surface area contributed by atoms with E-state index in [4.69, 9.17) is 5.26 Å². The first-order valence-electron chi connectivity index (χ1n) is 6.96. The van der Waals surface area contributed by atoms with Crippen molar-refractivity contribution in [2.45, 2.75) is 18.9 Å². The minimum absolute atomic E-state index is 0.831. The molecule has 0 aliphatic rings. The average molecular weight is 305 g/mol. The first kappa shape index (κ1) is 14.4. The van der Waals surface area contributed by atoms with E-state index < -0.39 is 0 Å². The topological polar surface area (TPSA) is 52.5 Å². The van der Waals surface area contributed by atoms with Gasteiger partial charge in [0.05, 0.1) is 16.4 Å². The van der Waals surface area contributed by atoms with Gasteiger partial charge in [0.15, 0.2) is 0 Å². The van der Waals surface area contributed by atoms with E-state index in [2.05, 4.69) is 47.4 Å². The molecule has 0 spiro atoms. The van der Waals surface area contributed by atoms with Gasteiger partial charge in [-0.15, -0.1) is 0 Å². The molecular weight excluding hydrogens is 290 g/mol. The lowest BCUT2D eigenvalue weighted by molar-refractivity contribution is 1.21. The molecule has 0 aliphatic carbocycles. The fraction of sp³-hybridized carbons (Fsp3) is 0.111. The molecular formula is C18H15N3S. The van der Waals surface area contributed by atoms with Crippen molar-refractivity contribution in [2.75, 3.05) is 0 Å². The number of rotatable bonds is 3. The number of pyridine rings is 1. The van der Waals surface area contributed by atoms with Crippen LogP contribution in [0.2, 0.25) is 0 Å². The van der Waals surface area contributed by atoms with Gasteiger partial charge in [-0.25, -0.2) is 0 Å². The highest BCUT2D eigenvalue weighted by Gasteiger charge is 2.14. The molecule has 108 valence electrons. The quantitative estimate of drug-likeness (QED) is 0.551. The second-order valence-corrected chi connectivity index (χ2v) is 6.03. The molecule has 2 heterocycles. The molecule has 3 rings (SSSR count). The second-order valence-electron chi connectivity index (χ2n) is 5.21. The van der Waals surface area contributed by atoms with E-state index in [1.165, 1.54) is 11.1 Å². The Morgan fingerprint density at radius 1 is 1.09 bits per heavy atom. The standard InChI is InChI=1S/C18H15N3S/c1-12-7-13(2)9-14(8-12)18-15(10-17(21-18)22-11-19)16-5-3-4-6-20-16/h3-10,21H,1-2H3. The third-order valence-corrected chi connectivity index (χ3v) is 3.93. The van der Waals surface area contributed by atoms with Gasteiger partial charge in [-0.2, -0.15) is 5.26 Å². The molecule has 1 aromatic carbocycles. The predicted molar refractivity (Wildman–Crippen MR) is 90.4 cm³/mol. The number of nitriles is 1. The lowest BCUT2D eigenvalue weighted by Crippen LogP contribution is -1.87. The first-order valence-corrected chi connectivity index (χ1v) is 7.78. The third kappa shape index (κ3) is 2.90. The number of H-pyrrole nitrogens is 1. The van der Waals surface area contributed by atoms with Crippen molar-refractivity contribution in [2.24, 2.45) is 0 Å². The molecule has 4 heteroatoms. The van der Waals surface area contributed by atoms with Crippen molar-refractivity contribution in [1.29, 1.82) is 5.26 Å². The van der Waals surface area contributed by atoms with Crippen LogP contribution in [-0.2, 0) is 0 Å². The first-order chi connectivity index (χ1) is 10.7. The lowest BCUT2D eigenvalue weighted by atomic mass is 10.0. The number of nitrogens with zero attached hydrogens (tertiary/aromatic N) is 2. The van der Waals surface area contributed by atoms with Gasteiger partial charge in [0.1, 0.15) is 5.40 Å². The number of hydrogen-bond donors (Lipinski definition) is 1. The highest BCUT2D eigenvalue weighted by atomic mass is 32.2. The number of thiocyanates is 1. The summed E-state index contributed by atoms with van der Waals surface area (Å²) in [5.41, 5.74) is 6.46. The van der Waals surface area contributed by atoms with Crippen LogP contribution in [0, 0.1) is 24.5 Å². The Morgan fingerprint density at radius 3 is 2.50 bits per heavy atom. The van der Waals surface area contributed by atoms with Gasteiger partial charge in [0, 0.05) is 23.5 Å². The molecule has 1 N–H and O–H groups in total. The summed E-state index contributed by atoms with van der Waals surface area (Å²) in [5.74, 6) is 0. The van der Waals surface area contributed by atoms with Crippen molar-refractivity contribution in [3.05, 3.63) is 59.8 Å². The van der Waals surface area contributed by atoms with Crippen LogP contribution in [0.25, 0.3) is 22.5 Å². The Labute approximate surface area is 134 Å². The Morgan fingerprint density at radius 2 is 1.86 bits per heavy atom. The summed E-state index contributed by atoms with van der Waals surface area (Å²) in [6.45, 7) is 4.18. The highest BCUT2D eigenvalue weighted by Crippen LogP contribution is 2.35. The smallest absolute Gasteiger partial charge is 0.140 e. The zero-order chi connectivity index (χ0) is 15.5. The summed E-state index contributed by atoms with van der Waals surface area (Å²) >= 11 is 1.13. The van der Waals surface area contributed by atoms with E-state index in [0.29, 0.717) is 0 Å². The maximum absolute atomic E-state index is 8.93. The number of aromatic nitrogens is 2. The maximum atomic E-state index is 8.93. The molecule has 22 heavy (non-hydrogen) atoms. The molecule has 2 aromatic heterocycles. The van der Waals surface area contributed by atoms with Crippen LogP contribution in [0.4, 0.5) is 0 Å². The van der Waals surface area contributed by atoms with Crippen LogP contribution >= 0.6 is 11.8 Å². The molecule has 0 unspecified atom stereocenters. The van der Waals surface area contributed by atoms with E-state index in [0.717, 1.165) is 39.3 Å². The lowest BCUT2D eigenvalue weighted by Gasteiger charge is -2.06. The average Bonchev–Trinajstić information content (AvgIpc) is 2.92. The van der Waals surface area contributed by atoms with Crippen LogP contribution in [0.3, 0.4) is 0 Å². The molecule has 0 saturated carbocycles. The Hall–Kier alpha value is -2.51. The van der Waals surface area contributed by atoms with Gasteiger partial charge < -0.3 is 4.98 Å². The Bertz CT molecular complexity index is 824. The normalized spacial score (nSPS) is 10.4. The van der Waals surface area contributed by atoms with Crippen molar-refractivity contribution >= 4 is 11.8 Å². The Balaban J connectivity index is 2.19. The van der Waals surface area contributed by atoms with E-state index in [9.17, 15) is 0 Å². The van der Waals surface area contributed by atoms with Crippen molar-refractivity contribution in [1.82, 2.24) is 9.97 Å². The minimum Gasteiger partial charge on any atom is -0.348 e. The van der Waals surface area contributed by atoms with Crippen LogP contribution in [0.5, 0.6) is 0 Å². The van der Waals surface area contributed by atoms with Crippen LogP contribution in [0.1, 0.15) is 11.1 Å². The maximum Gasteiger partial charge on any atom is 0.140 e. The summed E-state index contributed by atoms with van der Waals surface area (Å²) in [5, 5.41) is 11.9. The fourth-order valence-electron chi connectivity index (χ4n) is 2.60. The zero-order valence-corrected chi connectivity index (χ0v) is 13.2. The number of aromatic amines is 1. The number of nitrogens with one attached hydrogen (secondary N) is 1. The molecule has 0 amide bonds. The van der Waals surface area contributed by atoms with Crippen molar-refractivity contribution in [3.8, 4) is 27.9 Å². The number of thioether (sulfide) groups is 1. The molecule has 0 saturated heterocycles. The molecule has 0 bridgehead atoms. The van der Waals surface area contributed by atoms with E-state index in [1.54, 1.807) is 6.20 Å². The summed E-state index contributed by atoms with van der Waals surface area (Å²) in [6.07, 6.45) is 1.78. The summed E-state index contributed by atoms with van der Waals surface area (Å²) in [6, 6.07) is 14.3. The predicted octanol–water partition coefficient (Wildman–Crippen LogP) is 4.93. The fourth-order valence-corrected chi connectivity index (χ4v) is 3.03. The Kier molecular flexibility index (Phi) is 3.99. The zero-order valence-electron chi connectivity index (χ0n) is 12.4. The molecule has 0 fully saturated rings. The van der Waals surface area contributed by atoms with Gasteiger partial charge in [0.25, 0.3) is 0 Å². The third-order valence-electron chi connectivity index (χ3n) is 3.40. The van der Waals surface area contributed by atoms with Gasteiger partial charge in [-0.1, -0.05) is 23.3 Å². The van der Waals surface area contributed by atoms with Crippen molar-refractivity contribution in [3.63, 3.8) is 0 Å². The van der Waals surface area contributed by atoms with Crippen molar-refractivity contribution < 1.29 is 0 Å². The second kappa shape index (κ2) is 6.08. The van der Waals surface area contributed by atoms with E-state index >= 15 is 0 Å². The van der Waals surface area contributed by atoms with Crippen LogP contribution in [-0.4, -0.2) is 9.97 Å². The summed E-state index contributed by atoms with van der Waals surface area (Å²) in [4.78, 5) is 7.79. The van der Waals surface area contributed by atoms with Crippen LogP contribution < -0.4 is 0 Å².